The smallest absolute Gasteiger partial charge is 0.312 e. The van der Waals surface area contributed by atoms with Gasteiger partial charge in [-0.3, -0.25) is 19.3 Å². The van der Waals surface area contributed by atoms with E-state index in [-0.39, 0.29) is 25.0 Å². The third kappa shape index (κ3) is 4.14. The summed E-state index contributed by atoms with van der Waals surface area (Å²) < 4.78 is 17.1. The van der Waals surface area contributed by atoms with E-state index in [1.165, 1.54) is 4.90 Å². The van der Waals surface area contributed by atoms with Crippen molar-refractivity contribution < 1.29 is 33.7 Å². The molecule has 1 N–H and O–H groups in total. The monoisotopic (exact) mass is 479 g/mol. The lowest BCUT2D eigenvalue weighted by molar-refractivity contribution is -0.156. The van der Waals surface area contributed by atoms with Crippen LogP contribution in [-0.2, 0) is 28.6 Å². The second-order valence-corrected chi connectivity index (χ2v) is 9.61. The van der Waals surface area contributed by atoms with Crippen LogP contribution in [0.15, 0.2) is 12.7 Å². The van der Waals surface area contributed by atoms with Gasteiger partial charge in [-0.05, 0) is 26.7 Å². The van der Waals surface area contributed by atoms with Crippen molar-refractivity contribution in [2.24, 2.45) is 11.8 Å². The first kappa shape index (κ1) is 25.1. The van der Waals surface area contributed by atoms with Crippen LogP contribution in [0.5, 0.6) is 0 Å². The van der Waals surface area contributed by atoms with Gasteiger partial charge in [0.05, 0.1) is 50.4 Å². The topological polar surface area (TPSA) is 109 Å². The van der Waals surface area contributed by atoms with Crippen LogP contribution in [-0.4, -0.2) is 121 Å². The van der Waals surface area contributed by atoms with Gasteiger partial charge >= 0.3 is 5.97 Å². The Morgan fingerprint density at radius 2 is 2.12 bits per heavy atom. The lowest BCUT2D eigenvalue weighted by atomic mass is 9.70. The average Bonchev–Trinajstić information content (AvgIpc) is 3.49. The number of hydrogen-bond donors (Lipinski definition) is 1. The van der Waals surface area contributed by atoms with Crippen molar-refractivity contribution in [2.75, 3.05) is 59.2 Å². The van der Waals surface area contributed by atoms with E-state index in [0.717, 1.165) is 13.1 Å². The highest BCUT2D eigenvalue weighted by atomic mass is 16.6. The lowest BCUT2D eigenvalue weighted by Gasteiger charge is -2.39. The van der Waals surface area contributed by atoms with Gasteiger partial charge < -0.3 is 29.1 Å². The molecule has 1 spiro atoms. The molecule has 0 radical (unpaired) electrons. The number of rotatable bonds is 10. The second-order valence-electron chi connectivity index (χ2n) is 9.61. The maximum Gasteiger partial charge on any atom is 0.312 e. The SMILES string of the molecule is C=CCN(CCN1CCOCC1)C(=O)[C@H]1N([C@H](C)CO)C(=O)[C@@H]2[C@@H](C(=O)OCC)[C@H]3CC[C@]21O3. The maximum atomic E-state index is 14.1. The van der Waals surface area contributed by atoms with Crippen LogP contribution in [0.4, 0.5) is 0 Å². The summed E-state index contributed by atoms with van der Waals surface area (Å²) in [5, 5.41) is 9.93. The zero-order chi connectivity index (χ0) is 24.5. The molecule has 0 unspecified atom stereocenters. The zero-order valence-corrected chi connectivity index (χ0v) is 20.2. The molecule has 4 rings (SSSR count). The van der Waals surface area contributed by atoms with E-state index >= 15 is 0 Å². The molecule has 2 bridgehead atoms. The van der Waals surface area contributed by atoms with Gasteiger partial charge in [-0.1, -0.05) is 6.08 Å². The molecule has 4 fully saturated rings. The van der Waals surface area contributed by atoms with Crippen LogP contribution in [0.25, 0.3) is 0 Å². The van der Waals surface area contributed by atoms with Crippen molar-refractivity contribution in [1.29, 1.82) is 0 Å². The van der Waals surface area contributed by atoms with Crippen LogP contribution in [0.1, 0.15) is 26.7 Å². The first-order valence-corrected chi connectivity index (χ1v) is 12.4. The summed E-state index contributed by atoms with van der Waals surface area (Å²) in [4.78, 5) is 46.0. The molecule has 4 aliphatic heterocycles. The number of ether oxygens (including phenoxy) is 3. The molecule has 190 valence electrons. The third-order valence-electron chi connectivity index (χ3n) is 7.72. The molecule has 0 aromatic heterocycles. The Hall–Kier alpha value is -2.01. The number of hydrogen-bond acceptors (Lipinski definition) is 8. The highest BCUT2D eigenvalue weighted by Gasteiger charge is 2.75. The average molecular weight is 480 g/mol. The minimum absolute atomic E-state index is 0.212. The summed E-state index contributed by atoms with van der Waals surface area (Å²) in [5.41, 5.74) is -1.09. The number of carbonyl (C=O) groups excluding carboxylic acids is 3. The number of morpholine rings is 1. The summed E-state index contributed by atoms with van der Waals surface area (Å²) in [7, 11) is 0. The summed E-state index contributed by atoms with van der Waals surface area (Å²) in [5.74, 6) is -2.50. The predicted octanol–water partition coefficient (Wildman–Crippen LogP) is -0.348. The van der Waals surface area contributed by atoms with Gasteiger partial charge in [0.1, 0.15) is 11.6 Å². The summed E-state index contributed by atoms with van der Waals surface area (Å²) in [6.07, 6.45) is 2.35. The number of likely N-dealkylation sites (tertiary alicyclic amines) is 1. The number of esters is 1. The molecule has 4 saturated heterocycles. The molecule has 4 aliphatic rings. The van der Waals surface area contributed by atoms with Crippen LogP contribution in [0.3, 0.4) is 0 Å². The van der Waals surface area contributed by atoms with Crippen LogP contribution < -0.4 is 0 Å². The van der Waals surface area contributed by atoms with E-state index in [4.69, 9.17) is 14.2 Å². The van der Waals surface area contributed by atoms with E-state index < -0.39 is 41.6 Å². The van der Waals surface area contributed by atoms with Gasteiger partial charge in [-0.2, -0.15) is 0 Å². The van der Waals surface area contributed by atoms with Crippen LogP contribution in [0.2, 0.25) is 0 Å². The van der Waals surface area contributed by atoms with Crippen molar-refractivity contribution >= 4 is 17.8 Å². The number of amides is 2. The van der Waals surface area contributed by atoms with E-state index in [2.05, 4.69) is 11.5 Å². The minimum atomic E-state index is -1.09. The first-order valence-electron chi connectivity index (χ1n) is 12.4. The number of aliphatic hydroxyl groups excluding tert-OH is 1. The molecule has 6 atom stereocenters. The molecule has 0 saturated carbocycles. The zero-order valence-electron chi connectivity index (χ0n) is 20.2. The van der Waals surface area contributed by atoms with Crippen molar-refractivity contribution in [2.45, 2.75) is 50.5 Å². The van der Waals surface area contributed by atoms with Crippen molar-refractivity contribution in [1.82, 2.24) is 14.7 Å². The Kier molecular flexibility index (Phi) is 7.61. The van der Waals surface area contributed by atoms with Crippen molar-refractivity contribution in [3.63, 3.8) is 0 Å². The summed E-state index contributed by atoms with van der Waals surface area (Å²) in [6.45, 7) is 11.6. The Morgan fingerprint density at radius 3 is 2.76 bits per heavy atom. The Morgan fingerprint density at radius 1 is 1.38 bits per heavy atom. The predicted molar refractivity (Wildman–Crippen MR) is 122 cm³/mol. The molecule has 0 aromatic rings. The second kappa shape index (κ2) is 10.3. The fraction of sp³-hybridized carbons (Fsp3) is 0.792. The van der Waals surface area contributed by atoms with Crippen molar-refractivity contribution in [3.8, 4) is 0 Å². The first-order chi connectivity index (χ1) is 16.4. The molecule has 4 heterocycles. The number of nitrogens with zero attached hydrogens (tertiary/aromatic N) is 3. The van der Waals surface area contributed by atoms with Crippen LogP contribution in [0, 0.1) is 11.8 Å². The fourth-order valence-corrected chi connectivity index (χ4v) is 6.15. The number of carbonyl (C=O) groups is 3. The highest BCUT2D eigenvalue weighted by molar-refractivity contribution is 5.98. The van der Waals surface area contributed by atoms with E-state index in [1.807, 2.05) is 0 Å². The van der Waals surface area contributed by atoms with Gasteiger partial charge in [0, 0.05) is 32.7 Å². The standard InChI is InChI=1S/C24H37N3O7/c1-4-8-26(10-9-25-11-13-32-14-12-25)22(30)20-24-7-6-17(34-24)18(23(31)33-5-2)19(24)21(29)27(20)16(3)15-28/h4,16-20,28H,1,5-15H2,2-3H3/t16-,17-,18+,19+,20-,24+/m1/s1. The fourth-order valence-electron chi connectivity index (χ4n) is 6.15. The van der Waals surface area contributed by atoms with Gasteiger partial charge in [-0.15, -0.1) is 6.58 Å². The lowest BCUT2D eigenvalue weighted by Crippen LogP contribution is -2.59. The molecule has 2 amide bonds. The number of fused-ring (bicyclic) bond motifs is 1. The van der Waals surface area contributed by atoms with Crippen molar-refractivity contribution in [3.05, 3.63) is 12.7 Å². The largest absolute Gasteiger partial charge is 0.466 e. The molecule has 10 nitrogen and oxygen atoms in total. The molecule has 10 heteroatoms. The van der Waals surface area contributed by atoms with Gasteiger partial charge in [-0.25, -0.2) is 0 Å². The number of aliphatic hydroxyl groups is 1. The third-order valence-corrected chi connectivity index (χ3v) is 7.72. The van der Waals surface area contributed by atoms with Gasteiger partial charge in [0.25, 0.3) is 0 Å². The normalized spacial score (nSPS) is 33.6. The Balaban J connectivity index is 1.63. The summed E-state index contributed by atoms with van der Waals surface area (Å²) >= 11 is 0. The summed E-state index contributed by atoms with van der Waals surface area (Å²) in [6, 6.07) is -1.49. The van der Waals surface area contributed by atoms with E-state index in [1.54, 1.807) is 24.8 Å². The molecular weight excluding hydrogens is 442 g/mol. The van der Waals surface area contributed by atoms with Gasteiger partial charge in [0.2, 0.25) is 11.8 Å². The minimum Gasteiger partial charge on any atom is -0.466 e. The van der Waals surface area contributed by atoms with E-state index in [0.29, 0.717) is 45.7 Å². The van der Waals surface area contributed by atoms with Crippen LogP contribution >= 0.6 is 0 Å². The molecular formula is C24H37N3O7. The molecule has 34 heavy (non-hydrogen) atoms. The maximum absolute atomic E-state index is 14.1. The highest BCUT2D eigenvalue weighted by Crippen LogP contribution is 2.59. The quantitative estimate of drug-likeness (QED) is 0.335. The Labute approximate surface area is 200 Å². The Bertz CT molecular complexity index is 801. The molecule has 0 aliphatic carbocycles. The van der Waals surface area contributed by atoms with E-state index in [9.17, 15) is 19.5 Å². The van der Waals surface area contributed by atoms with Gasteiger partial charge in [0.15, 0.2) is 0 Å². The molecule has 0 aromatic carbocycles.